The Kier molecular flexibility index (Phi) is 4.11. The van der Waals surface area contributed by atoms with Crippen molar-refractivity contribution >= 4 is 22.8 Å². The Bertz CT molecular complexity index is 750. The third kappa shape index (κ3) is 3.09. The molecule has 0 spiro atoms. The van der Waals surface area contributed by atoms with Crippen molar-refractivity contribution in [2.24, 2.45) is 11.7 Å². The molecule has 0 saturated carbocycles. The van der Waals surface area contributed by atoms with E-state index in [0.717, 1.165) is 34.9 Å². The lowest BCUT2D eigenvalue weighted by molar-refractivity contribution is -0.136. The molecule has 2 atom stereocenters. The molecule has 2 aromatic rings. The van der Waals surface area contributed by atoms with Crippen molar-refractivity contribution in [2.45, 2.75) is 39.2 Å². The normalized spacial score (nSPS) is 21.6. The van der Waals surface area contributed by atoms with Gasteiger partial charge in [-0.3, -0.25) is 9.59 Å². The Balaban J connectivity index is 1.78. The van der Waals surface area contributed by atoms with E-state index >= 15 is 0 Å². The van der Waals surface area contributed by atoms with Crippen LogP contribution in [-0.2, 0) is 16.0 Å². The van der Waals surface area contributed by atoms with Crippen LogP contribution in [0.2, 0.25) is 0 Å². The molecule has 3 rings (SSSR count). The van der Waals surface area contributed by atoms with E-state index in [1.165, 1.54) is 0 Å². The molecule has 5 nitrogen and oxygen atoms in total. The molecule has 2 N–H and O–H groups in total. The molecule has 1 aliphatic heterocycles. The number of carbonyl (C=O) groups is 2. The number of piperidine rings is 1. The summed E-state index contributed by atoms with van der Waals surface area (Å²) in [5, 5.41) is 0.972. The van der Waals surface area contributed by atoms with Crippen molar-refractivity contribution in [2.75, 3.05) is 6.54 Å². The van der Waals surface area contributed by atoms with Gasteiger partial charge in [0.05, 0.1) is 18.6 Å². The van der Waals surface area contributed by atoms with Crippen LogP contribution in [0.3, 0.4) is 0 Å². The fraction of sp³-hybridized carbons (Fsp3) is 0.444. The van der Waals surface area contributed by atoms with Gasteiger partial charge in [-0.25, -0.2) is 0 Å². The highest BCUT2D eigenvalue weighted by Crippen LogP contribution is 2.26. The molecule has 1 fully saturated rings. The highest BCUT2D eigenvalue weighted by Gasteiger charge is 2.31. The van der Waals surface area contributed by atoms with Crippen molar-refractivity contribution in [3.05, 3.63) is 35.6 Å². The summed E-state index contributed by atoms with van der Waals surface area (Å²) in [5.74, 6) is -0.537. The minimum atomic E-state index is -0.320. The van der Waals surface area contributed by atoms with Crippen LogP contribution in [0.5, 0.6) is 0 Å². The van der Waals surface area contributed by atoms with Crippen molar-refractivity contribution in [1.29, 1.82) is 0 Å². The number of likely N-dealkylation sites (tertiary alicyclic amines) is 1. The molecule has 1 saturated heterocycles. The van der Waals surface area contributed by atoms with Gasteiger partial charge in [0, 0.05) is 23.5 Å². The lowest BCUT2D eigenvalue weighted by Gasteiger charge is -2.37. The maximum absolute atomic E-state index is 12.7. The van der Waals surface area contributed by atoms with E-state index in [2.05, 4.69) is 0 Å². The Morgan fingerprint density at radius 1 is 1.35 bits per heavy atom. The lowest BCUT2D eigenvalue weighted by Crippen LogP contribution is -2.49. The van der Waals surface area contributed by atoms with E-state index in [9.17, 15) is 9.59 Å². The number of nitrogens with zero attached hydrogens (tertiary/aromatic N) is 1. The second-order valence-corrected chi connectivity index (χ2v) is 6.51. The average molecular weight is 314 g/mol. The van der Waals surface area contributed by atoms with Crippen LogP contribution in [0.25, 0.3) is 11.0 Å². The molecule has 2 amide bonds. The van der Waals surface area contributed by atoms with Crippen LogP contribution in [0.1, 0.15) is 30.9 Å². The van der Waals surface area contributed by atoms with Crippen LogP contribution in [0, 0.1) is 12.8 Å². The topological polar surface area (TPSA) is 76.5 Å². The van der Waals surface area contributed by atoms with Gasteiger partial charge in [0.2, 0.25) is 11.8 Å². The first-order valence-corrected chi connectivity index (χ1v) is 8.01. The summed E-state index contributed by atoms with van der Waals surface area (Å²) < 4.78 is 5.56. The third-order valence-corrected chi connectivity index (χ3v) is 4.76. The quantitative estimate of drug-likeness (QED) is 0.945. The zero-order valence-corrected chi connectivity index (χ0v) is 13.5. The summed E-state index contributed by atoms with van der Waals surface area (Å²) in [6, 6.07) is 6.11. The van der Waals surface area contributed by atoms with Gasteiger partial charge in [0.1, 0.15) is 5.58 Å². The fourth-order valence-corrected chi connectivity index (χ4v) is 3.28. The number of hydrogen-bond acceptors (Lipinski definition) is 3. The van der Waals surface area contributed by atoms with Crippen molar-refractivity contribution < 1.29 is 14.0 Å². The molecule has 23 heavy (non-hydrogen) atoms. The average Bonchev–Trinajstić information content (AvgIpc) is 2.89. The molecular weight excluding hydrogens is 292 g/mol. The minimum Gasteiger partial charge on any atom is -0.464 e. The van der Waals surface area contributed by atoms with Crippen LogP contribution in [0.4, 0.5) is 0 Å². The second-order valence-electron chi connectivity index (χ2n) is 6.51. The van der Waals surface area contributed by atoms with Gasteiger partial charge in [-0.1, -0.05) is 12.1 Å². The largest absolute Gasteiger partial charge is 0.464 e. The maximum Gasteiger partial charge on any atom is 0.227 e. The fourth-order valence-electron chi connectivity index (χ4n) is 3.28. The van der Waals surface area contributed by atoms with Gasteiger partial charge in [-0.05, 0) is 38.3 Å². The molecule has 5 heteroatoms. The summed E-state index contributed by atoms with van der Waals surface area (Å²) in [4.78, 5) is 25.9. The number of amides is 2. The smallest absolute Gasteiger partial charge is 0.227 e. The molecule has 2 heterocycles. The predicted molar refractivity (Wildman–Crippen MR) is 87.7 cm³/mol. The van der Waals surface area contributed by atoms with Gasteiger partial charge in [-0.15, -0.1) is 0 Å². The number of aryl methyl sites for hydroxylation is 1. The lowest BCUT2D eigenvalue weighted by atomic mass is 9.92. The number of hydrogen-bond donors (Lipinski definition) is 1. The van der Waals surface area contributed by atoms with Crippen LogP contribution < -0.4 is 5.73 Å². The first-order valence-electron chi connectivity index (χ1n) is 8.01. The number of primary amides is 1. The van der Waals surface area contributed by atoms with Crippen molar-refractivity contribution in [3.8, 4) is 0 Å². The molecular formula is C18H22N2O3. The van der Waals surface area contributed by atoms with Gasteiger partial charge >= 0.3 is 0 Å². The number of carbonyl (C=O) groups excluding carboxylic acids is 2. The molecule has 1 aromatic heterocycles. The van der Waals surface area contributed by atoms with Crippen LogP contribution in [0.15, 0.2) is 28.9 Å². The molecule has 0 bridgehead atoms. The minimum absolute atomic E-state index is 0.0201. The number of fused-ring (bicyclic) bond motifs is 1. The molecule has 0 radical (unpaired) electrons. The summed E-state index contributed by atoms with van der Waals surface area (Å²) in [7, 11) is 0. The van der Waals surface area contributed by atoms with Crippen molar-refractivity contribution in [3.63, 3.8) is 0 Å². The zero-order valence-electron chi connectivity index (χ0n) is 13.5. The van der Waals surface area contributed by atoms with Gasteiger partial charge in [0.25, 0.3) is 0 Å². The van der Waals surface area contributed by atoms with Gasteiger partial charge in [-0.2, -0.15) is 0 Å². The Labute approximate surface area is 135 Å². The number of rotatable bonds is 3. The molecule has 1 aromatic carbocycles. The standard InChI is InChI=1S/C18H22N2O3/c1-11-3-6-15-14(10-23-16(15)7-11)8-17(21)20-9-13(18(19)22)5-4-12(20)2/h3,6-7,10,12-13H,4-5,8-9H2,1-2H3,(H2,19,22). The third-order valence-electron chi connectivity index (χ3n) is 4.76. The summed E-state index contributed by atoms with van der Waals surface area (Å²) in [6.07, 6.45) is 3.51. The van der Waals surface area contributed by atoms with Gasteiger partial charge < -0.3 is 15.1 Å². The van der Waals surface area contributed by atoms with E-state index in [4.69, 9.17) is 10.2 Å². The van der Waals surface area contributed by atoms with E-state index < -0.39 is 0 Å². The Hall–Kier alpha value is -2.30. The van der Waals surface area contributed by atoms with Crippen LogP contribution >= 0.6 is 0 Å². The second kappa shape index (κ2) is 6.07. The van der Waals surface area contributed by atoms with Crippen molar-refractivity contribution in [1.82, 2.24) is 4.90 Å². The summed E-state index contributed by atoms with van der Waals surface area (Å²) >= 11 is 0. The summed E-state index contributed by atoms with van der Waals surface area (Å²) in [6.45, 7) is 4.45. The number of benzene rings is 1. The molecule has 0 aliphatic carbocycles. The SMILES string of the molecule is Cc1ccc2c(CC(=O)N3CC(C(N)=O)CCC3C)coc2c1. The van der Waals surface area contributed by atoms with E-state index in [-0.39, 0.29) is 30.2 Å². The van der Waals surface area contributed by atoms with E-state index in [1.54, 1.807) is 11.2 Å². The summed E-state index contributed by atoms with van der Waals surface area (Å²) in [5.41, 5.74) is 8.22. The highest BCUT2D eigenvalue weighted by molar-refractivity contribution is 5.88. The Morgan fingerprint density at radius 3 is 2.87 bits per heavy atom. The zero-order chi connectivity index (χ0) is 16.6. The van der Waals surface area contributed by atoms with Gasteiger partial charge in [0.15, 0.2) is 0 Å². The molecule has 2 unspecified atom stereocenters. The number of furan rings is 1. The van der Waals surface area contributed by atoms with E-state index in [0.29, 0.717) is 6.54 Å². The highest BCUT2D eigenvalue weighted by atomic mass is 16.3. The Morgan fingerprint density at radius 2 is 2.13 bits per heavy atom. The van der Waals surface area contributed by atoms with E-state index in [1.807, 2.05) is 32.0 Å². The molecule has 1 aliphatic rings. The first kappa shape index (κ1) is 15.6. The first-order chi connectivity index (χ1) is 11.0. The molecule has 122 valence electrons. The van der Waals surface area contributed by atoms with Crippen LogP contribution in [-0.4, -0.2) is 29.3 Å². The monoisotopic (exact) mass is 314 g/mol. The number of nitrogens with two attached hydrogens (primary N) is 1. The predicted octanol–water partition coefficient (Wildman–Crippen LogP) is 2.40. The maximum atomic E-state index is 12.7.